The first kappa shape index (κ1) is 21.0. The molecule has 5 aromatic rings. The van der Waals surface area contributed by atoms with Crippen molar-refractivity contribution in [1.82, 2.24) is 18.9 Å². The number of carbonyl (C=O) groups is 1. The zero-order chi connectivity index (χ0) is 23.1. The average molecular weight is 488 g/mol. The van der Waals surface area contributed by atoms with Gasteiger partial charge in [0.1, 0.15) is 5.75 Å². The highest BCUT2D eigenvalue weighted by molar-refractivity contribution is 7.99. The van der Waals surface area contributed by atoms with E-state index in [2.05, 4.69) is 21.1 Å². The molecule has 1 amide bonds. The number of ether oxygens (including phenoxy) is 1. The van der Waals surface area contributed by atoms with E-state index < -0.39 is 0 Å². The topological polar surface area (TPSA) is 73.5 Å². The number of amides is 1. The van der Waals surface area contributed by atoms with E-state index in [0.29, 0.717) is 0 Å². The van der Waals surface area contributed by atoms with Crippen LogP contribution in [0.2, 0.25) is 0 Å². The SMILES string of the molecule is COc1ccc(-c2cn3c(CC(=O)Nc4ccc(-c5cn6c(n5)SCC6)cc4)csc3n2)cc1. The quantitative estimate of drug-likeness (QED) is 0.355. The van der Waals surface area contributed by atoms with Crippen LogP contribution in [0.3, 0.4) is 0 Å². The standard InChI is InChI=1S/C25H21N5O2S2/c1-32-20-8-4-17(5-9-20)22-14-30-19(15-34-25(30)28-22)12-23(31)26-18-6-2-16(3-7-18)21-13-29-10-11-33-24(29)27-21/h2-9,13-15H,10-12H2,1H3,(H,26,31). The number of thioether (sulfide) groups is 1. The van der Waals surface area contributed by atoms with Crippen molar-refractivity contribution in [1.29, 1.82) is 0 Å². The van der Waals surface area contributed by atoms with E-state index in [9.17, 15) is 4.79 Å². The summed E-state index contributed by atoms with van der Waals surface area (Å²) in [7, 11) is 1.65. The number of hydrogen-bond donors (Lipinski definition) is 1. The lowest BCUT2D eigenvalue weighted by Crippen LogP contribution is -2.15. The molecule has 4 heterocycles. The number of hydrogen-bond acceptors (Lipinski definition) is 6. The monoisotopic (exact) mass is 487 g/mol. The molecule has 0 saturated heterocycles. The number of thiazole rings is 1. The lowest BCUT2D eigenvalue weighted by Gasteiger charge is -2.06. The number of aromatic nitrogens is 4. The normalized spacial score (nSPS) is 12.7. The second-order valence-electron chi connectivity index (χ2n) is 7.99. The lowest BCUT2D eigenvalue weighted by atomic mass is 10.1. The van der Waals surface area contributed by atoms with Crippen LogP contribution in [-0.4, -0.2) is 37.7 Å². The molecule has 0 unspecified atom stereocenters. The molecule has 1 aliphatic heterocycles. The summed E-state index contributed by atoms with van der Waals surface area (Å²) in [5.74, 6) is 1.83. The maximum atomic E-state index is 12.7. The number of benzene rings is 2. The molecule has 3 aromatic heterocycles. The Labute approximate surface area is 204 Å². The van der Waals surface area contributed by atoms with Gasteiger partial charge < -0.3 is 14.6 Å². The van der Waals surface area contributed by atoms with Crippen molar-refractivity contribution in [2.24, 2.45) is 0 Å². The van der Waals surface area contributed by atoms with Gasteiger partial charge in [-0.15, -0.1) is 11.3 Å². The van der Waals surface area contributed by atoms with Gasteiger partial charge in [0.05, 0.1) is 24.9 Å². The summed E-state index contributed by atoms with van der Waals surface area (Å²) < 4.78 is 9.41. The predicted molar refractivity (Wildman–Crippen MR) is 136 cm³/mol. The van der Waals surface area contributed by atoms with Crippen LogP contribution in [0.25, 0.3) is 27.5 Å². The summed E-state index contributed by atoms with van der Waals surface area (Å²) in [5.41, 5.74) is 5.57. The highest BCUT2D eigenvalue weighted by Gasteiger charge is 2.16. The lowest BCUT2D eigenvalue weighted by molar-refractivity contribution is -0.115. The van der Waals surface area contributed by atoms with Gasteiger partial charge in [0.2, 0.25) is 5.91 Å². The first-order chi connectivity index (χ1) is 16.7. The summed E-state index contributed by atoms with van der Waals surface area (Å²) in [6.07, 6.45) is 4.34. The van der Waals surface area contributed by atoms with E-state index in [0.717, 1.165) is 62.1 Å². The van der Waals surface area contributed by atoms with Gasteiger partial charge in [-0.05, 0) is 36.4 Å². The van der Waals surface area contributed by atoms with E-state index in [1.54, 1.807) is 18.9 Å². The third-order valence-corrected chi connectivity index (χ3v) is 7.64. The van der Waals surface area contributed by atoms with Gasteiger partial charge in [0.25, 0.3) is 0 Å². The van der Waals surface area contributed by atoms with Gasteiger partial charge in [-0.1, -0.05) is 23.9 Å². The van der Waals surface area contributed by atoms with Crippen molar-refractivity contribution < 1.29 is 9.53 Å². The van der Waals surface area contributed by atoms with Gasteiger partial charge >= 0.3 is 0 Å². The fraction of sp³-hybridized carbons (Fsp3) is 0.160. The molecule has 0 fully saturated rings. The molecule has 0 saturated carbocycles. The van der Waals surface area contributed by atoms with E-state index in [4.69, 9.17) is 9.72 Å². The summed E-state index contributed by atoms with van der Waals surface area (Å²) >= 11 is 3.31. The van der Waals surface area contributed by atoms with Gasteiger partial charge in [0.15, 0.2) is 10.1 Å². The number of nitrogens with zero attached hydrogens (tertiary/aromatic N) is 4. The molecule has 1 aliphatic rings. The Hall–Kier alpha value is -3.56. The van der Waals surface area contributed by atoms with Gasteiger partial charge in [-0.3, -0.25) is 9.20 Å². The van der Waals surface area contributed by atoms with Crippen LogP contribution in [0.15, 0.2) is 71.5 Å². The van der Waals surface area contributed by atoms with Crippen LogP contribution in [-0.2, 0) is 17.8 Å². The number of rotatable bonds is 6. The Morgan fingerprint density at radius 1 is 1.03 bits per heavy atom. The minimum Gasteiger partial charge on any atom is -0.497 e. The molecular formula is C25H21N5O2S2. The van der Waals surface area contributed by atoms with Gasteiger partial charge in [-0.25, -0.2) is 9.97 Å². The van der Waals surface area contributed by atoms with Crippen molar-refractivity contribution in [3.63, 3.8) is 0 Å². The molecule has 170 valence electrons. The van der Waals surface area contributed by atoms with Crippen LogP contribution in [0.4, 0.5) is 5.69 Å². The number of aryl methyl sites for hydroxylation is 1. The third kappa shape index (κ3) is 3.97. The zero-order valence-electron chi connectivity index (χ0n) is 18.4. The second-order valence-corrected chi connectivity index (χ2v) is 9.89. The molecule has 0 spiro atoms. The predicted octanol–water partition coefficient (Wildman–Crippen LogP) is 5.22. The number of nitrogens with one attached hydrogen (secondary N) is 1. The number of fused-ring (bicyclic) bond motifs is 2. The van der Waals surface area contributed by atoms with Gasteiger partial charge in [-0.2, -0.15) is 0 Å². The molecule has 1 N–H and O–H groups in total. The van der Waals surface area contributed by atoms with Crippen LogP contribution in [0, 0.1) is 0 Å². The fourth-order valence-electron chi connectivity index (χ4n) is 4.00. The van der Waals surface area contributed by atoms with Crippen LogP contribution in [0.5, 0.6) is 5.75 Å². The Morgan fingerprint density at radius 2 is 1.76 bits per heavy atom. The third-order valence-electron chi connectivity index (χ3n) is 5.78. The highest BCUT2D eigenvalue weighted by Crippen LogP contribution is 2.30. The number of imidazole rings is 2. The number of anilines is 1. The minimum atomic E-state index is -0.0653. The van der Waals surface area contributed by atoms with Crippen LogP contribution < -0.4 is 10.1 Å². The van der Waals surface area contributed by atoms with E-state index in [1.807, 2.05) is 64.5 Å². The maximum absolute atomic E-state index is 12.7. The van der Waals surface area contributed by atoms with Crippen molar-refractivity contribution in [3.8, 4) is 28.3 Å². The van der Waals surface area contributed by atoms with Crippen molar-refractivity contribution in [2.75, 3.05) is 18.2 Å². The van der Waals surface area contributed by atoms with Crippen molar-refractivity contribution >= 4 is 39.7 Å². The molecule has 7 nitrogen and oxygen atoms in total. The van der Waals surface area contributed by atoms with Crippen LogP contribution in [0.1, 0.15) is 5.69 Å². The van der Waals surface area contributed by atoms with E-state index >= 15 is 0 Å². The van der Waals surface area contributed by atoms with Crippen molar-refractivity contribution in [2.45, 2.75) is 18.1 Å². The number of carbonyl (C=O) groups excluding carboxylic acids is 1. The first-order valence-corrected chi connectivity index (χ1v) is 12.7. The Bertz CT molecular complexity index is 1460. The Morgan fingerprint density at radius 3 is 2.50 bits per heavy atom. The van der Waals surface area contributed by atoms with E-state index in [-0.39, 0.29) is 12.3 Å². The molecule has 2 aromatic carbocycles. The molecule has 0 atom stereocenters. The highest BCUT2D eigenvalue weighted by atomic mass is 32.2. The Balaban J connectivity index is 1.14. The summed E-state index contributed by atoms with van der Waals surface area (Å²) in [4.78, 5) is 23.0. The molecule has 0 bridgehead atoms. The molecule has 34 heavy (non-hydrogen) atoms. The second kappa shape index (κ2) is 8.66. The smallest absolute Gasteiger partial charge is 0.230 e. The van der Waals surface area contributed by atoms with Crippen LogP contribution >= 0.6 is 23.1 Å². The average Bonchev–Trinajstić information content (AvgIpc) is 3.62. The summed E-state index contributed by atoms with van der Waals surface area (Å²) in [5, 5.41) is 6.06. The van der Waals surface area contributed by atoms with E-state index in [1.165, 1.54) is 11.3 Å². The molecule has 0 radical (unpaired) electrons. The molecule has 0 aliphatic carbocycles. The maximum Gasteiger partial charge on any atom is 0.230 e. The molecular weight excluding hydrogens is 466 g/mol. The minimum absolute atomic E-state index is 0.0653. The zero-order valence-corrected chi connectivity index (χ0v) is 20.0. The molecule has 6 rings (SSSR count). The Kier molecular flexibility index (Phi) is 5.35. The summed E-state index contributed by atoms with van der Waals surface area (Å²) in [6, 6.07) is 15.6. The fourth-order valence-corrected chi connectivity index (χ4v) is 5.82. The summed E-state index contributed by atoms with van der Waals surface area (Å²) in [6.45, 7) is 1.01. The first-order valence-electron chi connectivity index (χ1n) is 10.9. The number of methoxy groups -OCH3 is 1. The van der Waals surface area contributed by atoms with Crippen molar-refractivity contribution in [3.05, 3.63) is 72.0 Å². The largest absolute Gasteiger partial charge is 0.497 e. The van der Waals surface area contributed by atoms with Gasteiger partial charge in [0, 0.05) is 52.6 Å². The molecule has 9 heteroatoms.